The minimum Gasteiger partial charge on any atom is -0.369 e. The van der Waals surface area contributed by atoms with Gasteiger partial charge in [0.05, 0.1) is 0 Å². The van der Waals surface area contributed by atoms with Crippen LogP contribution in [0.2, 0.25) is 0 Å². The van der Waals surface area contributed by atoms with Gasteiger partial charge in [0.2, 0.25) is 0 Å². The summed E-state index contributed by atoms with van der Waals surface area (Å²) in [5.74, 6) is 0. The normalized spacial score (nSPS) is 16.3. The van der Waals surface area contributed by atoms with Gasteiger partial charge in [0.1, 0.15) is 11.8 Å². The molecule has 2 aromatic rings. The van der Waals surface area contributed by atoms with E-state index in [4.69, 9.17) is 5.26 Å². The third kappa shape index (κ3) is 4.91. The highest BCUT2D eigenvalue weighted by atomic mass is 15.3. The minimum atomic E-state index is 0.460. The van der Waals surface area contributed by atoms with Crippen molar-refractivity contribution in [1.29, 1.82) is 5.26 Å². The molecule has 1 aromatic carbocycles. The summed E-state index contributed by atoms with van der Waals surface area (Å²) in [7, 11) is 1.95. The van der Waals surface area contributed by atoms with Gasteiger partial charge in [-0.15, -0.1) is 0 Å². The summed E-state index contributed by atoms with van der Waals surface area (Å²) < 4.78 is 1.97. The maximum absolute atomic E-state index is 9.15. The van der Waals surface area contributed by atoms with Crippen LogP contribution in [0.15, 0.2) is 36.4 Å². The number of para-hydroxylation sites is 1. The maximum atomic E-state index is 9.15. The molecule has 0 amide bonds. The fourth-order valence-corrected chi connectivity index (χ4v) is 3.68. The number of benzene rings is 1. The zero-order valence-electron chi connectivity index (χ0n) is 16.8. The van der Waals surface area contributed by atoms with Crippen LogP contribution in [0.4, 0.5) is 5.69 Å². The number of nitrogens with zero attached hydrogens (tertiary/aromatic N) is 4. The Labute approximate surface area is 163 Å². The van der Waals surface area contributed by atoms with E-state index < -0.39 is 0 Å². The monoisotopic (exact) mass is 365 g/mol. The molecule has 5 nitrogen and oxygen atoms in total. The summed E-state index contributed by atoms with van der Waals surface area (Å²) in [6.45, 7) is 10.8. The Morgan fingerprint density at radius 1 is 1.15 bits per heavy atom. The molecule has 1 atom stereocenters. The Hall–Kier alpha value is -2.29. The summed E-state index contributed by atoms with van der Waals surface area (Å²) in [5, 5.41) is 12.8. The van der Waals surface area contributed by atoms with Crippen LogP contribution >= 0.6 is 0 Å². The first-order chi connectivity index (χ1) is 13.1. The molecule has 1 aliphatic rings. The van der Waals surface area contributed by atoms with Crippen LogP contribution in [0.3, 0.4) is 0 Å². The molecule has 2 heterocycles. The number of piperazine rings is 1. The van der Waals surface area contributed by atoms with E-state index >= 15 is 0 Å². The second-order valence-electron chi connectivity index (χ2n) is 7.55. The lowest BCUT2D eigenvalue weighted by molar-refractivity contribution is 0.244. The molecule has 1 aromatic heterocycles. The Morgan fingerprint density at radius 3 is 2.48 bits per heavy atom. The van der Waals surface area contributed by atoms with Crippen molar-refractivity contribution in [1.82, 2.24) is 14.8 Å². The van der Waals surface area contributed by atoms with Gasteiger partial charge >= 0.3 is 0 Å². The van der Waals surface area contributed by atoms with Crippen LogP contribution in [0.25, 0.3) is 0 Å². The number of hydrogen-bond acceptors (Lipinski definition) is 4. The Bertz CT molecular complexity index is 766. The van der Waals surface area contributed by atoms with Gasteiger partial charge in [0.15, 0.2) is 0 Å². The van der Waals surface area contributed by atoms with Gasteiger partial charge < -0.3 is 14.8 Å². The van der Waals surface area contributed by atoms with E-state index in [0.717, 1.165) is 51.4 Å². The molecule has 3 rings (SSSR count). The van der Waals surface area contributed by atoms with E-state index in [1.54, 1.807) is 0 Å². The molecular formula is C22H31N5. The van der Waals surface area contributed by atoms with Gasteiger partial charge in [-0.3, -0.25) is 4.90 Å². The van der Waals surface area contributed by atoms with Gasteiger partial charge in [0.25, 0.3) is 0 Å². The lowest BCUT2D eigenvalue weighted by atomic mass is 10.1. The van der Waals surface area contributed by atoms with E-state index in [9.17, 15) is 0 Å². The van der Waals surface area contributed by atoms with Gasteiger partial charge in [-0.25, -0.2) is 0 Å². The SMILES string of the molecule is Cc1c(CNC(C)CCN2CCN(c3ccccc3)CC2)cc(C#N)n1C. The largest absolute Gasteiger partial charge is 0.369 e. The molecule has 1 N–H and O–H groups in total. The third-order valence-corrected chi connectivity index (χ3v) is 5.77. The van der Waals surface area contributed by atoms with Crippen molar-refractivity contribution in [2.45, 2.75) is 32.9 Å². The van der Waals surface area contributed by atoms with Gasteiger partial charge in [-0.05, 0) is 50.6 Å². The number of hydrogen-bond donors (Lipinski definition) is 1. The van der Waals surface area contributed by atoms with E-state index in [-0.39, 0.29) is 0 Å². The first-order valence-corrected chi connectivity index (χ1v) is 9.89. The van der Waals surface area contributed by atoms with E-state index in [1.165, 1.54) is 16.9 Å². The minimum absolute atomic E-state index is 0.460. The number of nitrogens with one attached hydrogen (secondary N) is 1. The molecular weight excluding hydrogens is 334 g/mol. The predicted molar refractivity (Wildman–Crippen MR) is 111 cm³/mol. The maximum Gasteiger partial charge on any atom is 0.120 e. The Balaban J connectivity index is 1.39. The van der Waals surface area contributed by atoms with Crippen LogP contribution in [0.1, 0.15) is 30.3 Å². The molecule has 0 saturated carbocycles. The molecule has 0 bridgehead atoms. The smallest absolute Gasteiger partial charge is 0.120 e. The molecule has 0 aliphatic carbocycles. The van der Waals surface area contributed by atoms with Crippen LogP contribution in [-0.4, -0.2) is 48.2 Å². The molecule has 1 fully saturated rings. The summed E-state index contributed by atoms with van der Waals surface area (Å²) >= 11 is 0. The van der Waals surface area contributed by atoms with Crippen molar-refractivity contribution in [3.63, 3.8) is 0 Å². The Morgan fingerprint density at radius 2 is 1.85 bits per heavy atom. The summed E-state index contributed by atoms with van der Waals surface area (Å²) in [6.07, 6.45) is 1.14. The highest BCUT2D eigenvalue weighted by Gasteiger charge is 2.17. The zero-order valence-corrected chi connectivity index (χ0v) is 16.8. The van der Waals surface area contributed by atoms with Crippen molar-refractivity contribution in [2.75, 3.05) is 37.6 Å². The van der Waals surface area contributed by atoms with E-state index in [0.29, 0.717) is 6.04 Å². The van der Waals surface area contributed by atoms with Gasteiger partial charge in [-0.2, -0.15) is 5.26 Å². The second-order valence-corrected chi connectivity index (χ2v) is 7.55. The molecule has 0 radical (unpaired) electrons. The zero-order chi connectivity index (χ0) is 19.2. The first-order valence-electron chi connectivity index (χ1n) is 9.89. The average Bonchev–Trinajstić information content (AvgIpc) is 2.99. The van der Waals surface area contributed by atoms with Crippen LogP contribution < -0.4 is 10.2 Å². The number of rotatable bonds is 7. The molecule has 27 heavy (non-hydrogen) atoms. The van der Waals surface area contributed by atoms with Crippen molar-refractivity contribution in [3.8, 4) is 6.07 Å². The lowest BCUT2D eigenvalue weighted by Gasteiger charge is -2.36. The molecule has 144 valence electrons. The number of aromatic nitrogens is 1. The molecule has 1 unspecified atom stereocenters. The topological polar surface area (TPSA) is 47.2 Å². The van der Waals surface area contributed by atoms with Crippen molar-refractivity contribution in [3.05, 3.63) is 53.3 Å². The summed E-state index contributed by atoms with van der Waals surface area (Å²) in [6, 6.07) is 15.4. The Kier molecular flexibility index (Phi) is 6.54. The van der Waals surface area contributed by atoms with Crippen molar-refractivity contribution >= 4 is 5.69 Å². The summed E-state index contributed by atoms with van der Waals surface area (Å²) in [4.78, 5) is 5.04. The predicted octanol–water partition coefficient (Wildman–Crippen LogP) is 2.90. The summed E-state index contributed by atoms with van der Waals surface area (Å²) in [5.41, 5.74) is 4.45. The molecule has 0 spiro atoms. The fourth-order valence-electron chi connectivity index (χ4n) is 3.68. The fraction of sp³-hybridized carbons (Fsp3) is 0.500. The highest BCUT2D eigenvalue weighted by molar-refractivity contribution is 5.46. The highest BCUT2D eigenvalue weighted by Crippen LogP contribution is 2.16. The quantitative estimate of drug-likeness (QED) is 0.820. The lowest BCUT2D eigenvalue weighted by Crippen LogP contribution is -2.47. The van der Waals surface area contributed by atoms with Gasteiger partial charge in [-0.1, -0.05) is 18.2 Å². The average molecular weight is 366 g/mol. The third-order valence-electron chi connectivity index (χ3n) is 5.77. The van der Waals surface area contributed by atoms with E-state index in [2.05, 4.69) is 65.4 Å². The first kappa shape index (κ1) is 19.5. The second kappa shape index (κ2) is 9.07. The van der Waals surface area contributed by atoms with Crippen molar-refractivity contribution in [2.24, 2.45) is 7.05 Å². The number of anilines is 1. The standard InChI is InChI=1S/C22H31N5/c1-18(24-17-20-15-22(16-23)25(3)19(20)2)9-10-26-11-13-27(14-12-26)21-7-5-4-6-8-21/h4-8,15,18,24H,9-14,17H2,1-3H3. The van der Waals surface area contributed by atoms with Crippen molar-refractivity contribution < 1.29 is 0 Å². The van der Waals surface area contributed by atoms with Crippen LogP contribution in [-0.2, 0) is 13.6 Å². The molecule has 1 aliphatic heterocycles. The molecule has 1 saturated heterocycles. The van der Waals surface area contributed by atoms with E-state index in [1.807, 2.05) is 17.7 Å². The number of nitriles is 1. The van der Waals surface area contributed by atoms with Crippen LogP contribution in [0, 0.1) is 18.3 Å². The van der Waals surface area contributed by atoms with Crippen LogP contribution in [0.5, 0.6) is 0 Å². The van der Waals surface area contributed by atoms with Gasteiger partial charge in [0, 0.05) is 57.2 Å². The molecule has 5 heteroatoms.